The maximum Gasteiger partial charge on any atom is 0.340 e. The molecule has 0 spiro atoms. The minimum atomic E-state index is -0.712. The molecule has 0 radical (unpaired) electrons. The molecule has 0 saturated carbocycles. The molecule has 0 bridgehead atoms. The number of carbonyl (C=O) groups is 1. The summed E-state index contributed by atoms with van der Waals surface area (Å²) in [5.74, 6) is 0.625. The second kappa shape index (κ2) is 12.4. The number of nitrogens with zero attached hydrogens (tertiary/aromatic N) is 9. The number of nitrogens with one attached hydrogen (secondary N) is 1. The van der Waals surface area contributed by atoms with Crippen LogP contribution in [0.2, 0.25) is 0 Å². The lowest BCUT2D eigenvalue weighted by Gasteiger charge is -2.34. The Balaban J connectivity index is 1.34. The van der Waals surface area contributed by atoms with Crippen LogP contribution in [0.3, 0.4) is 0 Å². The molecule has 1 aliphatic heterocycles. The Morgan fingerprint density at radius 2 is 1.78 bits per heavy atom. The SMILES string of the molecule is C=CCn1c(=O)c2cnc(Nc3ccc(N4CCN(C)CC4)cc3)nc2n1-c1ccc2cnn(OC(=O)C(C)(C)CC(C)C)c2n1. The van der Waals surface area contributed by atoms with E-state index in [0.29, 0.717) is 46.2 Å². The van der Waals surface area contributed by atoms with E-state index in [2.05, 4.69) is 64.8 Å². The van der Waals surface area contributed by atoms with E-state index in [1.807, 2.05) is 32.0 Å². The monoisotopic (exact) mass is 624 g/mol. The van der Waals surface area contributed by atoms with Crippen LogP contribution in [0.25, 0.3) is 27.9 Å². The van der Waals surface area contributed by atoms with Crippen LogP contribution in [0.15, 0.2) is 66.2 Å². The van der Waals surface area contributed by atoms with E-state index < -0.39 is 11.4 Å². The lowest BCUT2D eigenvalue weighted by Crippen LogP contribution is -2.44. The van der Waals surface area contributed by atoms with Gasteiger partial charge in [0.15, 0.2) is 11.5 Å². The number of fused-ring (bicyclic) bond motifs is 2. The molecule has 6 rings (SSSR count). The number of allylic oxidation sites excluding steroid dienone is 1. The number of aromatic nitrogens is 7. The smallest absolute Gasteiger partial charge is 0.340 e. The van der Waals surface area contributed by atoms with Crippen molar-refractivity contribution < 1.29 is 9.63 Å². The van der Waals surface area contributed by atoms with Crippen molar-refractivity contribution in [1.82, 2.24) is 39.2 Å². The van der Waals surface area contributed by atoms with E-state index in [0.717, 1.165) is 36.7 Å². The quantitative estimate of drug-likeness (QED) is 0.228. The first-order chi connectivity index (χ1) is 22.0. The molecule has 13 nitrogen and oxygen atoms in total. The predicted octanol–water partition coefficient (Wildman–Crippen LogP) is 4.04. The van der Waals surface area contributed by atoms with Gasteiger partial charge in [-0.3, -0.25) is 4.79 Å². The van der Waals surface area contributed by atoms with Gasteiger partial charge in [-0.15, -0.1) is 11.7 Å². The fourth-order valence-electron chi connectivity index (χ4n) is 5.92. The van der Waals surface area contributed by atoms with Gasteiger partial charge in [0.2, 0.25) is 11.6 Å². The normalized spacial score (nSPS) is 14.3. The van der Waals surface area contributed by atoms with E-state index in [9.17, 15) is 9.59 Å². The zero-order chi connectivity index (χ0) is 32.6. The summed E-state index contributed by atoms with van der Waals surface area (Å²) in [6.07, 6.45) is 5.39. The van der Waals surface area contributed by atoms with E-state index in [-0.39, 0.29) is 12.1 Å². The summed E-state index contributed by atoms with van der Waals surface area (Å²) in [5, 5.41) is 8.54. The number of hydrogen-bond acceptors (Lipinski definition) is 10. The van der Waals surface area contributed by atoms with E-state index in [1.54, 1.807) is 23.0 Å². The fraction of sp³-hybridized carbons (Fsp3) is 0.394. The second-order valence-corrected chi connectivity index (χ2v) is 12.8. The summed E-state index contributed by atoms with van der Waals surface area (Å²) in [6, 6.07) is 11.7. The molecular formula is C33H40N10O3. The molecule has 0 amide bonds. The molecule has 240 valence electrons. The highest BCUT2D eigenvalue weighted by molar-refractivity contribution is 5.80. The molecule has 1 aliphatic rings. The Kier molecular flexibility index (Phi) is 8.34. The molecule has 1 saturated heterocycles. The Bertz CT molecular complexity index is 1950. The lowest BCUT2D eigenvalue weighted by atomic mass is 9.84. The second-order valence-electron chi connectivity index (χ2n) is 12.8. The van der Waals surface area contributed by atoms with Gasteiger partial charge < -0.3 is 20.0 Å². The Labute approximate surface area is 267 Å². The molecule has 0 atom stereocenters. The fourth-order valence-corrected chi connectivity index (χ4v) is 5.92. The molecule has 46 heavy (non-hydrogen) atoms. The van der Waals surface area contributed by atoms with Gasteiger partial charge in [-0.05, 0) is 69.6 Å². The van der Waals surface area contributed by atoms with Gasteiger partial charge in [0.1, 0.15) is 5.39 Å². The van der Waals surface area contributed by atoms with Crippen LogP contribution in [-0.2, 0) is 11.3 Å². The van der Waals surface area contributed by atoms with Gasteiger partial charge in [0.25, 0.3) is 5.56 Å². The van der Waals surface area contributed by atoms with Gasteiger partial charge in [-0.1, -0.05) is 24.8 Å². The highest BCUT2D eigenvalue weighted by Crippen LogP contribution is 2.27. The summed E-state index contributed by atoms with van der Waals surface area (Å²) in [4.78, 5) is 52.1. The molecule has 0 aliphatic carbocycles. The van der Waals surface area contributed by atoms with Crippen LogP contribution in [0.4, 0.5) is 17.3 Å². The molecule has 1 aromatic carbocycles. The Morgan fingerprint density at radius 3 is 2.48 bits per heavy atom. The van der Waals surface area contributed by atoms with Gasteiger partial charge >= 0.3 is 5.97 Å². The molecule has 5 heterocycles. The number of likely N-dealkylation sites (N-methyl/N-ethyl adjacent to an activating group) is 1. The first kappa shape index (κ1) is 31.0. The van der Waals surface area contributed by atoms with Crippen molar-refractivity contribution in [3.05, 3.63) is 71.8 Å². The molecule has 5 aromatic rings. The molecular weight excluding hydrogens is 584 g/mol. The van der Waals surface area contributed by atoms with Gasteiger partial charge in [0, 0.05) is 49.1 Å². The third kappa shape index (κ3) is 6.10. The Hall–Kier alpha value is -5.04. The van der Waals surface area contributed by atoms with Crippen LogP contribution in [-0.4, -0.2) is 78.4 Å². The topological polar surface area (TPSA) is 128 Å². The summed E-state index contributed by atoms with van der Waals surface area (Å²) < 4.78 is 3.12. The third-order valence-electron chi connectivity index (χ3n) is 8.20. The zero-order valence-electron chi connectivity index (χ0n) is 27.0. The van der Waals surface area contributed by atoms with Crippen molar-refractivity contribution in [1.29, 1.82) is 0 Å². The summed E-state index contributed by atoms with van der Waals surface area (Å²) >= 11 is 0. The number of benzene rings is 1. The minimum Gasteiger partial charge on any atom is -0.369 e. The molecule has 1 fully saturated rings. The standard InChI is InChI=1S/C33H40N10O3/c1-7-14-41-30(44)26-21-34-32(36-24-9-11-25(12-10-24)40-17-15-39(6)16-18-40)38-29(26)42(41)27-13-8-23-20-35-43(28(23)37-27)46-31(45)33(4,5)19-22(2)3/h7-13,20-22H,1,14-19H2,2-6H3,(H,34,36,38). The number of carbonyl (C=O) groups excluding carboxylic acids is 1. The number of rotatable bonds is 10. The predicted molar refractivity (Wildman–Crippen MR) is 179 cm³/mol. The highest BCUT2D eigenvalue weighted by Gasteiger charge is 2.32. The van der Waals surface area contributed by atoms with Crippen LogP contribution in [0.1, 0.15) is 34.1 Å². The van der Waals surface area contributed by atoms with Crippen molar-refractivity contribution in [3.8, 4) is 5.82 Å². The molecule has 1 N–H and O–H groups in total. The number of hydrogen-bond donors (Lipinski definition) is 1. The molecule has 4 aromatic heterocycles. The highest BCUT2D eigenvalue weighted by atomic mass is 16.7. The summed E-state index contributed by atoms with van der Waals surface area (Å²) in [5.41, 5.74) is 1.69. The van der Waals surface area contributed by atoms with Crippen LogP contribution < -0.4 is 20.6 Å². The van der Waals surface area contributed by atoms with Crippen molar-refractivity contribution >= 4 is 45.4 Å². The van der Waals surface area contributed by atoms with E-state index >= 15 is 0 Å². The van der Waals surface area contributed by atoms with Crippen LogP contribution >= 0.6 is 0 Å². The van der Waals surface area contributed by atoms with Crippen molar-refractivity contribution in [2.75, 3.05) is 43.4 Å². The number of anilines is 3. The summed E-state index contributed by atoms with van der Waals surface area (Å²) in [7, 11) is 2.14. The average molecular weight is 625 g/mol. The average Bonchev–Trinajstić information content (AvgIpc) is 3.54. The third-order valence-corrected chi connectivity index (χ3v) is 8.20. The zero-order valence-corrected chi connectivity index (χ0v) is 27.0. The van der Waals surface area contributed by atoms with Crippen LogP contribution in [0, 0.1) is 11.3 Å². The lowest BCUT2D eigenvalue weighted by molar-refractivity contribution is -0.156. The largest absolute Gasteiger partial charge is 0.369 e. The molecule has 0 unspecified atom stereocenters. The van der Waals surface area contributed by atoms with Gasteiger partial charge in [0.05, 0.1) is 18.2 Å². The first-order valence-corrected chi connectivity index (χ1v) is 15.5. The van der Waals surface area contributed by atoms with Crippen molar-refractivity contribution in [3.63, 3.8) is 0 Å². The maximum absolute atomic E-state index is 13.5. The first-order valence-electron chi connectivity index (χ1n) is 15.5. The maximum atomic E-state index is 13.5. The minimum absolute atomic E-state index is 0.211. The van der Waals surface area contributed by atoms with E-state index in [1.165, 1.54) is 16.6 Å². The van der Waals surface area contributed by atoms with Crippen LogP contribution in [0.5, 0.6) is 0 Å². The summed E-state index contributed by atoms with van der Waals surface area (Å²) in [6.45, 7) is 15.9. The number of pyridine rings is 1. The van der Waals surface area contributed by atoms with Crippen molar-refractivity contribution in [2.24, 2.45) is 11.3 Å². The Morgan fingerprint density at radius 1 is 1.04 bits per heavy atom. The van der Waals surface area contributed by atoms with E-state index in [4.69, 9.17) is 14.8 Å². The molecule has 13 heteroatoms. The van der Waals surface area contributed by atoms with Gasteiger partial charge in [-0.2, -0.15) is 4.98 Å². The van der Waals surface area contributed by atoms with Gasteiger partial charge in [-0.25, -0.2) is 24.1 Å². The number of piperazine rings is 1. The van der Waals surface area contributed by atoms with Crippen molar-refractivity contribution in [2.45, 2.75) is 40.7 Å².